The Bertz CT molecular complexity index is 564. The molecule has 0 aliphatic carbocycles. The molecule has 0 saturated carbocycles. The summed E-state index contributed by atoms with van der Waals surface area (Å²) in [7, 11) is 1.43. The van der Waals surface area contributed by atoms with Crippen molar-refractivity contribution in [3.63, 3.8) is 0 Å². The number of carbonyl (C=O) groups excluding carboxylic acids is 1. The minimum atomic E-state index is -1.05. The van der Waals surface area contributed by atoms with E-state index in [2.05, 4.69) is 5.32 Å². The topological polar surface area (TPSA) is 105 Å². The lowest BCUT2D eigenvalue weighted by Crippen LogP contribution is -2.37. The van der Waals surface area contributed by atoms with E-state index in [-0.39, 0.29) is 18.7 Å². The molecule has 1 aromatic carbocycles. The summed E-state index contributed by atoms with van der Waals surface area (Å²) in [6.45, 7) is 5.10. The van der Waals surface area contributed by atoms with Crippen LogP contribution in [0.2, 0.25) is 0 Å². The largest absolute Gasteiger partial charge is 0.504 e. The first-order valence-electron chi connectivity index (χ1n) is 7.18. The standard InChI is InChI=1S/C16H23NO6/c1-16(2,3)23-15(21)17-9-11(14(19)20)7-10-5-6-13(22-4)12(18)8-10/h5-6,8,11,18H,7,9H2,1-4H3,(H,17,21)(H,19,20). The van der Waals surface area contributed by atoms with Crippen molar-refractivity contribution in [2.45, 2.75) is 32.8 Å². The van der Waals surface area contributed by atoms with Crippen molar-refractivity contribution < 1.29 is 29.3 Å². The highest BCUT2D eigenvalue weighted by Gasteiger charge is 2.22. The van der Waals surface area contributed by atoms with Gasteiger partial charge in [0, 0.05) is 6.54 Å². The van der Waals surface area contributed by atoms with E-state index in [0.29, 0.717) is 11.3 Å². The lowest BCUT2D eigenvalue weighted by atomic mass is 9.99. The number of carbonyl (C=O) groups is 2. The molecule has 1 atom stereocenters. The minimum absolute atomic E-state index is 0.0609. The molecule has 0 saturated heterocycles. The van der Waals surface area contributed by atoms with E-state index in [1.54, 1.807) is 32.9 Å². The number of phenols is 1. The molecule has 0 fully saturated rings. The summed E-state index contributed by atoms with van der Waals surface area (Å²) in [5.74, 6) is -1.63. The van der Waals surface area contributed by atoms with Crippen LogP contribution in [0.1, 0.15) is 26.3 Å². The number of phenolic OH excluding ortho intramolecular Hbond substituents is 1. The number of methoxy groups -OCH3 is 1. The molecule has 7 nitrogen and oxygen atoms in total. The van der Waals surface area contributed by atoms with Gasteiger partial charge in [-0.2, -0.15) is 0 Å². The summed E-state index contributed by atoms with van der Waals surface area (Å²) in [6.07, 6.45) is -0.510. The third-order valence-corrected chi connectivity index (χ3v) is 2.97. The predicted molar refractivity (Wildman–Crippen MR) is 83.7 cm³/mol. The van der Waals surface area contributed by atoms with Crippen molar-refractivity contribution in [2.75, 3.05) is 13.7 Å². The molecule has 0 aromatic heterocycles. The Hall–Kier alpha value is -2.44. The fourth-order valence-electron chi connectivity index (χ4n) is 1.91. The van der Waals surface area contributed by atoms with Crippen LogP contribution in [0.25, 0.3) is 0 Å². The number of amides is 1. The predicted octanol–water partition coefficient (Wildman–Crippen LogP) is 2.17. The lowest BCUT2D eigenvalue weighted by Gasteiger charge is -2.21. The first kappa shape index (κ1) is 18.6. The van der Waals surface area contributed by atoms with Gasteiger partial charge in [-0.25, -0.2) is 4.79 Å². The number of hydrogen-bond acceptors (Lipinski definition) is 5. The molecule has 0 radical (unpaired) electrons. The third-order valence-electron chi connectivity index (χ3n) is 2.97. The molecule has 0 aliphatic heterocycles. The van der Waals surface area contributed by atoms with Gasteiger partial charge in [-0.3, -0.25) is 4.79 Å². The van der Waals surface area contributed by atoms with E-state index in [4.69, 9.17) is 9.47 Å². The molecule has 0 bridgehead atoms. The zero-order valence-corrected chi connectivity index (χ0v) is 13.8. The van der Waals surface area contributed by atoms with Gasteiger partial charge < -0.3 is 25.0 Å². The summed E-state index contributed by atoms with van der Waals surface area (Å²) in [5.41, 5.74) is -0.0217. The van der Waals surface area contributed by atoms with Crippen LogP contribution < -0.4 is 10.1 Å². The molecule has 1 amide bonds. The highest BCUT2D eigenvalue weighted by Crippen LogP contribution is 2.27. The van der Waals surface area contributed by atoms with Crippen molar-refractivity contribution >= 4 is 12.1 Å². The van der Waals surface area contributed by atoms with Gasteiger partial charge in [-0.15, -0.1) is 0 Å². The van der Waals surface area contributed by atoms with Crippen LogP contribution in [0.3, 0.4) is 0 Å². The van der Waals surface area contributed by atoms with Crippen LogP contribution in [-0.2, 0) is 16.0 Å². The van der Waals surface area contributed by atoms with Crippen molar-refractivity contribution in [3.8, 4) is 11.5 Å². The molecule has 7 heteroatoms. The Morgan fingerprint density at radius 2 is 1.96 bits per heavy atom. The van der Waals surface area contributed by atoms with E-state index in [0.717, 1.165) is 0 Å². The number of hydrogen-bond donors (Lipinski definition) is 3. The Morgan fingerprint density at radius 1 is 1.30 bits per heavy atom. The van der Waals surface area contributed by atoms with Gasteiger partial charge in [0.25, 0.3) is 0 Å². The van der Waals surface area contributed by atoms with Crippen molar-refractivity contribution in [3.05, 3.63) is 23.8 Å². The van der Waals surface area contributed by atoms with E-state index >= 15 is 0 Å². The van der Waals surface area contributed by atoms with Crippen molar-refractivity contribution in [1.82, 2.24) is 5.32 Å². The number of rotatable bonds is 6. The SMILES string of the molecule is COc1ccc(CC(CNC(=O)OC(C)(C)C)C(=O)O)cc1O. The number of ether oxygens (including phenoxy) is 2. The van der Waals surface area contributed by atoms with Gasteiger partial charge in [-0.05, 0) is 44.9 Å². The van der Waals surface area contributed by atoms with Crippen molar-refractivity contribution in [2.24, 2.45) is 5.92 Å². The highest BCUT2D eigenvalue weighted by atomic mass is 16.6. The maximum atomic E-state index is 11.6. The van der Waals surface area contributed by atoms with Crippen LogP contribution in [0.4, 0.5) is 4.79 Å². The fourth-order valence-corrected chi connectivity index (χ4v) is 1.91. The maximum absolute atomic E-state index is 11.6. The molecule has 0 aliphatic rings. The number of aromatic hydroxyl groups is 1. The quantitative estimate of drug-likeness (QED) is 0.740. The number of carboxylic acid groups (broad SMARTS) is 1. The summed E-state index contributed by atoms with van der Waals surface area (Å²) >= 11 is 0. The molecule has 3 N–H and O–H groups in total. The second-order valence-corrected chi connectivity index (χ2v) is 6.13. The van der Waals surface area contributed by atoms with Crippen LogP contribution >= 0.6 is 0 Å². The van der Waals surface area contributed by atoms with Gasteiger partial charge in [0.15, 0.2) is 11.5 Å². The van der Waals surface area contributed by atoms with E-state index in [1.807, 2.05) is 0 Å². The zero-order valence-electron chi connectivity index (χ0n) is 13.8. The van der Waals surface area contributed by atoms with Crippen LogP contribution in [-0.4, -0.2) is 41.5 Å². The van der Waals surface area contributed by atoms with E-state index in [1.165, 1.54) is 13.2 Å². The van der Waals surface area contributed by atoms with Gasteiger partial charge in [0.1, 0.15) is 5.60 Å². The Kier molecular flexibility index (Phi) is 6.24. The highest BCUT2D eigenvalue weighted by molar-refractivity contribution is 5.73. The van der Waals surface area contributed by atoms with E-state index in [9.17, 15) is 19.8 Å². The first-order chi connectivity index (χ1) is 10.6. The molecule has 0 heterocycles. The normalized spacial score (nSPS) is 12.3. The number of carboxylic acids is 1. The average molecular weight is 325 g/mol. The van der Waals surface area contributed by atoms with Crippen LogP contribution in [0, 0.1) is 5.92 Å². The number of aliphatic carboxylic acids is 1. The summed E-state index contributed by atoms with van der Waals surface area (Å²) in [4.78, 5) is 22.9. The van der Waals surface area contributed by atoms with E-state index < -0.39 is 23.6 Å². The Labute approximate surface area is 135 Å². The molecule has 1 aromatic rings. The number of alkyl carbamates (subject to hydrolysis) is 1. The molecular weight excluding hydrogens is 302 g/mol. The first-order valence-corrected chi connectivity index (χ1v) is 7.18. The summed E-state index contributed by atoms with van der Waals surface area (Å²) < 4.78 is 10.0. The maximum Gasteiger partial charge on any atom is 0.407 e. The molecule has 128 valence electrons. The monoisotopic (exact) mass is 325 g/mol. The average Bonchev–Trinajstić information content (AvgIpc) is 2.41. The van der Waals surface area contributed by atoms with Gasteiger partial charge in [0.05, 0.1) is 13.0 Å². The zero-order chi connectivity index (χ0) is 17.6. The third kappa shape index (κ3) is 6.46. The summed E-state index contributed by atoms with van der Waals surface area (Å²) in [5, 5.41) is 21.4. The molecule has 0 spiro atoms. The van der Waals surface area contributed by atoms with Gasteiger partial charge in [0.2, 0.25) is 0 Å². The van der Waals surface area contributed by atoms with Crippen molar-refractivity contribution in [1.29, 1.82) is 0 Å². The van der Waals surface area contributed by atoms with Gasteiger partial charge in [-0.1, -0.05) is 6.07 Å². The number of nitrogens with one attached hydrogen (secondary N) is 1. The minimum Gasteiger partial charge on any atom is -0.504 e. The Balaban J connectivity index is 2.67. The second-order valence-electron chi connectivity index (χ2n) is 6.13. The molecule has 1 rings (SSSR count). The fraction of sp³-hybridized carbons (Fsp3) is 0.500. The summed E-state index contributed by atoms with van der Waals surface area (Å²) in [6, 6.07) is 4.68. The van der Waals surface area contributed by atoms with Crippen LogP contribution in [0.5, 0.6) is 11.5 Å². The van der Waals surface area contributed by atoms with Crippen LogP contribution in [0.15, 0.2) is 18.2 Å². The number of benzene rings is 1. The molecular formula is C16H23NO6. The smallest absolute Gasteiger partial charge is 0.407 e. The molecule has 23 heavy (non-hydrogen) atoms. The van der Waals surface area contributed by atoms with Gasteiger partial charge >= 0.3 is 12.1 Å². The second kappa shape index (κ2) is 7.71. The lowest BCUT2D eigenvalue weighted by molar-refractivity contribution is -0.141. The molecule has 1 unspecified atom stereocenters. The Morgan fingerprint density at radius 3 is 2.43 bits per heavy atom.